The van der Waals surface area contributed by atoms with Crippen molar-refractivity contribution in [1.29, 1.82) is 0 Å². The van der Waals surface area contributed by atoms with Crippen LogP contribution in [0.1, 0.15) is 19.3 Å². The fourth-order valence-electron chi connectivity index (χ4n) is 0.935. The number of hydrogen-bond donors (Lipinski definition) is 3. The molecule has 1 rings (SSSR count). The Kier molecular flexibility index (Phi) is 7.18. The van der Waals surface area contributed by atoms with Crippen LogP contribution in [-0.4, -0.2) is 23.8 Å². The molecule has 0 saturated carbocycles. The minimum Gasteiger partial charge on any atom is -0.479 e. The van der Waals surface area contributed by atoms with Gasteiger partial charge in [-0.15, -0.1) is 0 Å². The molecule has 1 unspecified atom stereocenters. The Morgan fingerprint density at radius 3 is 2.27 bits per heavy atom. The van der Waals surface area contributed by atoms with Gasteiger partial charge in [0.15, 0.2) is 6.10 Å². The monoisotopic (exact) mass is 164 g/mol. The Hall–Kier alpha value is -0.650. The van der Waals surface area contributed by atoms with E-state index >= 15 is 0 Å². The zero-order chi connectivity index (χ0) is 6.69. The summed E-state index contributed by atoms with van der Waals surface area (Å²) in [6.45, 7) is 0.608. The van der Waals surface area contributed by atoms with E-state index in [9.17, 15) is 4.79 Å². The largest absolute Gasteiger partial charge is 0.479 e. The van der Waals surface area contributed by atoms with Gasteiger partial charge in [-0.3, -0.25) is 0 Å². The van der Waals surface area contributed by atoms with Crippen molar-refractivity contribution in [2.45, 2.75) is 25.4 Å². The lowest BCUT2D eigenvalue weighted by molar-refractivity contribution is -0.153. The molecule has 11 heavy (non-hydrogen) atoms. The molecule has 0 radical (unpaired) electrons. The average Bonchev–Trinajstić information content (AvgIpc) is 1.90. The lowest BCUT2D eigenvalue weighted by atomic mass is 10.1. The molecule has 0 aromatic heterocycles. The minimum absolute atomic E-state index is 0. The van der Waals surface area contributed by atoms with E-state index in [4.69, 9.17) is 9.84 Å². The second-order valence-electron chi connectivity index (χ2n) is 2.19. The Labute approximate surface area is 65.9 Å². The van der Waals surface area contributed by atoms with Gasteiger partial charge in [-0.1, -0.05) is 0 Å². The van der Waals surface area contributed by atoms with Crippen molar-refractivity contribution in [3.63, 3.8) is 0 Å². The van der Waals surface area contributed by atoms with E-state index in [1.165, 1.54) is 0 Å². The van der Waals surface area contributed by atoms with Gasteiger partial charge in [-0.25, -0.2) is 4.79 Å². The maximum atomic E-state index is 10.2. The van der Waals surface area contributed by atoms with E-state index in [2.05, 4.69) is 0 Å². The maximum Gasteiger partial charge on any atom is 0.332 e. The van der Waals surface area contributed by atoms with E-state index in [-0.39, 0.29) is 12.3 Å². The highest BCUT2D eigenvalue weighted by Crippen LogP contribution is 2.11. The molecule has 68 valence electrons. The summed E-state index contributed by atoms with van der Waals surface area (Å²) in [4.78, 5) is 10.2. The third kappa shape index (κ3) is 3.92. The first-order chi connectivity index (χ1) is 4.30. The Balaban J connectivity index is 0. The van der Waals surface area contributed by atoms with Crippen LogP contribution >= 0.6 is 0 Å². The first kappa shape index (κ1) is 13.0. The van der Waals surface area contributed by atoms with Gasteiger partial charge < -0.3 is 22.1 Å². The summed E-state index contributed by atoms with van der Waals surface area (Å²) in [6, 6.07) is 0. The molecule has 0 aromatic rings. The number of rotatable bonds is 1. The molecule has 1 aliphatic rings. The first-order valence-corrected chi connectivity index (χ1v) is 3.15. The zero-order valence-corrected chi connectivity index (χ0v) is 6.58. The molecule has 5 heteroatoms. The summed E-state index contributed by atoms with van der Waals surface area (Å²) in [5, 5.41) is 8.41. The molecule has 1 atom stereocenters. The molecule has 1 aliphatic heterocycles. The van der Waals surface area contributed by atoms with Crippen LogP contribution in [0.3, 0.4) is 0 Å². The van der Waals surface area contributed by atoms with Gasteiger partial charge in [-0.2, -0.15) is 0 Å². The van der Waals surface area contributed by atoms with E-state index < -0.39 is 12.1 Å². The van der Waals surface area contributed by atoms with E-state index in [1.807, 2.05) is 0 Å². The number of carboxylic acids is 1. The standard InChI is InChI=1S/C6H10O3.2H3N/c7-6(8)5-3-1-2-4-9-5;;/h5H,1-4H2,(H,7,8);2*1H3. The topological polar surface area (TPSA) is 117 Å². The first-order valence-electron chi connectivity index (χ1n) is 3.15. The van der Waals surface area contributed by atoms with Crippen LogP contribution < -0.4 is 12.3 Å². The van der Waals surface area contributed by atoms with Gasteiger partial charge in [0.25, 0.3) is 0 Å². The molecule has 1 saturated heterocycles. The highest BCUT2D eigenvalue weighted by atomic mass is 16.5. The van der Waals surface area contributed by atoms with Gasteiger partial charge in [-0.05, 0) is 19.3 Å². The van der Waals surface area contributed by atoms with E-state index in [1.54, 1.807) is 0 Å². The third-order valence-electron chi connectivity index (χ3n) is 1.46. The van der Waals surface area contributed by atoms with Gasteiger partial charge in [0, 0.05) is 6.61 Å². The molecular formula is C6H16N2O3. The summed E-state index contributed by atoms with van der Waals surface area (Å²) in [7, 11) is 0. The number of ether oxygens (including phenoxy) is 1. The predicted molar refractivity (Wildman–Crippen MR) is 41.3 cm³/mol. The number of carbonyl (C=O) groups is 1. The Morgan fingerprint density at radius 1 is 1.36 bits per heavy atom. The fourth-order valence-corrected chi connectivity index (χ4v) is 0.935. The summed E-state index contributed by atoms with van der Waals surface area (Å²) >= 11 is 0. The molecule has 7 N–H and O–H groups in total. The predicted octanol–water partition coefficient (Wildman–Crippen LogP) is 0.964. The van der Waals surface area contributed by atoms with E-state index in [0.717, 1.165) is 12.8 Å². The molecule has 0 bridgehead atoms. The molecule has 1 fully saturated rings. The Morgan fingerprint density at radius 2 is 2.00 bits per heavy atom. The molecule has 0 aliphatic carbocycles. The highest BCUT2D eigenvalue weighted by molar-refractivity contribution is 5.72. The summed E-state index contributed by atoms with van der Waals surface area (Å²) in [5.41, 5.74) is 0. The van der Waals surface area contributed by atoms with Crippen LogP contribution in [0.15, 0.2) is 0 Å². The van der Waals surface area contributed by atoms with Gasteiger partial charge in [0.05, 0.1) is 0 Å². The normalized spacial score (nSPS) is 22.7. The lowest BCUT2D eigenvalue weighted by Gasteiger charge is -2.17. The van der Waals surface area contributed by atoms with Gasteiger partial charge >= 0.3 is 5.97 Å². The quantitative estimate of drug-likeness (QED) is 0.533. The van der Waals surface area contributed by atoms with Crippen molar-refractivity contribution < 1.29 is 14.6 Å². The Bertz CT molecular complexity index is 112. The van der Waals surface area contributed by atoms with Crippen LogP contribution in [-0.2, 0) is 9.53 Å². The summed E-state index contributed by atoms with van der Waals surface area (Å²) < 4.78 is 4.94. The summed E-state index contributed by atoms with van der Waals surface area (Å²) in [6.07, 6.45) is 2.13. The van der Waals surface area contributed by atoms with Crippen molar-refractivity contribution in [2.24, 2.45) is 0 Å². The molecular weight excluding hydrogens is 148 g/mol. The van der Waals surface area contributed by atoms with Gasteiger partial charge in [0.2, 0.25) is 0 Å². The smallest absolute Gasteiger partial charge is 0.332 e. The average molecular weight is 164 g/mol. The van der Waals surface area contributed by atoms with Crippen LogP contribution in [0, 0.1) is 0 Å². The molecule has 0 spiro atoms. The molecule has 1 heterocycles. The molecule has 5 nitrogen and oxygen atoms in total. The molecule has 0 amide bonds. The van der Waals surface area contributed by atoms with Crippen LogP contribution in [0.25, 0.3) is 0 Å². The van der Waals surface area contributed by atoms with Crippen LogP contribution in [0.5, 0.6) is 0 Å². The number of hydrogen-bond acceptors (Lipinski definition) is 4. The fraction of sp³-hybridized carbons (Fsp3) is 0.833. The van der Waals surface area contributed by atoms with Gasteiger partial charge in [0.1, 0.15) is 0 Å². The van der Waals surface area contributed by atoms with Crippen LogP contribution in [0.4, 0.5) is 0 Å². The highest BCUT2D eigenvalue weighted by Gasteiger charge is 2.20. The maximum absolute atomic E-state index is 10.2. The SMILES string of the molecule is N.N.O=C(O)C1CCCCO1. The summed E-state index contributed by atoms with van der Waals surface area (Å²) in [5.74, 6) is -0.824. The number of carboxylic acid groups (broad SMARTS) is 1. The van der Waals surface area contributed by atoms with E-state index in [0.29, 0.717) is 13.0 Å². The number of aliphatic carboxylic acids is 1. The zero-order valence-electron chi connectivity index (χ0n) is 6.58. The van der Waals surface area contributed by atoms with Crippen molar-refractivity contribution in [2.75, 3.05) is 6.61 Å². The van der Waals surface area contributed by atoms with Crippen molar-refractivity contribution in [3.05, 3.63) is 0 Å². The van der Waals surface area contributed by atoms with Crippen molar-refractivity contribution in [1.82, 2.24) is 12.3 Å². The lowest BCUT2D eigenvalue weighted by Crippen LogP contribution is -2.27. The van der Waals surface area contributed by atoms with Crippen molar-refractivity contribution in [3.8, 4) is 0 Å². The molecule has 0 aromatic carbocycles. The van der Waals surface area contributed by atoms with Crippen molar-refractivity contribution >= 4 is 5.97 Å². The minimum atomic E-state index is -0.824. The second kappa shape index (κ2) is 6.09. The third-order valence-corrected chi connectivity index (χ3v) is 1.46. The second-order valence-corrected chi connectivity index (χ2v) is 2.19. The van der Waals surface area contributed by atoms with Crippen LogP contribution in [0.2, 0.25) is 0 Å².